The van der Waals surface area contributed by atoms with Gasteiger partial charge < -0.3 is 4.42 Å². The van der Waals surface area contributed by atoms with E-state index in [1.807, 2.05) is 24.3 Å². The summed E-state index contributed by atoms with van der Waals surface area (Å²) in [6.45, 7) is 0. The molecule has 0 atom stereocenters. The normalized spacial score (nSPS) is 13.1. The second-order valence-electron chi connectivity index (χ2n) is 6.34. The quantitative estimate of drug-likeness (QED) is 0.335. The summed E-state index contributed by atoms with van der Waals surface area (Å²) in [6, 6.07) is 24.8. The van der Waals surface area contributed by atoms with Crippen LogP contribution in [0.5, 0.6) is 0 Å². The van der Waals surface area contributed by atoms with Gasteiger partial charge in [0.1, 0.15) is 11.3 Å². The van der Waals surface area contributed by atoms with Gasteiger partial charge in [0.2, 0.25) is 0 Å². The molecule has 0 bridgehead atoms. The molecule has 0 amide bonds. The van der Waals surface area contributed by atoms with Gasteiger partial charge in [-0.05, 0) is 46.5 Å². The van der Waals surface area contributed by atoms with Gasteiger partial charge in [-0.3, -0.25) is 0 Å². The van der Waals surface area contributed by atoms with Crippen molar-refractivity contribution in [3.63, 3.8) is 0 Å². The molecule has 1 heterocycles. The second-order valence-corrected chi connectivity index (χ2v) is 6.78. The van der Waals surface area contributed by atoms with Crippen molar-refractivity contribution < 1.29 is 4.42 Å². The summed E-state index contributed by atoms with van der Waals surface area (Å²) in [6.07, 6.45) is 3.00. The Hall–Kier alpha value is -2.77. The number of benzene rings is 3. The Morgan fingerprint density at radius 1 is 0.840 bits per heavy atom. The summed E-state index contributed by atoms with van der Waals surface area (Å²) < 4.78 is 6.17. The summed E-state index contributed by atoms with van der Waals surface area (Å²) in [5, 5.41) is 1.94. The molecule has 1 aliphatic rings. The Kier molecular flexibility index (Phi) is 3.29. The minimum Gasteiger partial charge on any atom is -0.456 e. The molecule has 0 spiro atoms. The van der Waals surface area contributed by atoms with Crippen LogP contribution in [0.3, 0.4) is 0 Å². The Bertz CT molecular complexity index is 1120. The van der Waals surface area contributed by atoms with Gasteiger partial charge >= 0.3 is 0 Å². The van der Waals surface area contributed by atoms with E-state index in [2.05, 4.69) is 54.6 Å². The topological polar surface area (TPSA) is 13.1 Å². The van der Waals surface area contributed by atoms with E-state index in [-0.39, 0.29) is 0 Å². The molecule has 0 N–H and O–H groups in total. The van der Waals surface area contributed by atoms with Gasteiger partial charge in [0.05, 0.1) is 0 Å². The first kappa shape index (κ1) is 14.6. The molecule has 0 saturated carbocycles. The second kappa shape index (κ2) is 5.65. The third-order valence-electron chi connectivity index (χ3n) is 4.82. The summed E-state index contributed by atoms with van der Waals surface area (Å²) in [5.74, 6) is 0.937. The van der Waals surface area contributed by atoms with Crippen LogP contribution in [0.25, 0.3) is 22.6 Å². The molecule has 1 nitrogen and oxygen atoms in total. The largest absolute Gasteiger partial charge is 0.456 e. The Morgan fingerprint density at radius 2 is 1.64 bits per heavy atom. The maximum Gasteiger partial charge on any atom is 0.135 e. The van der Waals surface area contributed by atoms with Crippen LogP contribution in [0.2, 0.25) is 5.02 Å². The van der Waals surface area contributed by atoms with E-state index in [0.29, 0.717) is 0 Å². The van der Waals surface area contributed by atoms with Crippen molar-refractivity contribution >= 4 is 34.2 Å². The monoisotopic (exact) mass is 342 g/mol. The van der Waals surface area contributed by atoms with Crippen LogP contribution in [0.1, 0.15) is 28.0 Å². The van der Waals surface area contributed by atoms with Gasteiger partial charge in [0.25, 0.3) is 0 Å². The number of fused-ring (bicyclic) bond motifs is 4. The van der Waals surface area contributed by atoms with E-state index < -0.39 is 0 Å². The van der Waals surface area contributed by atoms with E-state index in [0.717, 1.165) is 28.4 Å². The molecule has 0 saturated heterocycles. The van der Waals surface area contributed by atoms with Gasteiger partial charge in [0, 0.05) is 22.4 Å². The van der Waals surface area contributed by atoms with Crippen LogP contribution in [-0.4, -0.2) is 0 Å². The van der Waals surface area contributed by atoms with Gasteiger partial charge in [-0.25, -0.2) is 0 Å². The minimum absolute atomic E-state index is 0.754. The van der Waals surface area contributed by atoms with E-state index in [4.69, 9.17) is 16.0 Å². The zero-order valence-corrected chi connectivity index (χ0v) is 14.3. The summed E-state index contributed by atoms with van der Waals surface area (Å²) in [4.78, 5) is 0. The van der Waals surface area contributed by atoms with Gasteiger partial charge in [-0.1, -0.05) is 66.2 Å². The molecule has 1 aliphatic carbocycles. The summed E-state index contributed by atoms with van der Waals surface area (Å²) in [7, 11) is 0. The maximum atomic E-state index is 6.31. The van der Waals surface area contributed by atoms with Crippen molar-refractivity contribution in [3.8, 4) is 0 Å². The van der Waals surface area contributed by atoms with Crippen LogP contribution in [0.15, 0.2) is 77.2 Å². The maximum absolute atomic E-state index is 6.31. The molecule has 5 rings (SSSR count). The molecule has 0 radical (unpaired) electrons. The average Bonchev–Trinajstić information content (AvgIpc) is 2.91. The highest BCUT2D eigenvalue weighted by Gasteiger charge is 2.21. The van der Waals surface area contributed by atoms with Gasteiger partial charge in [-0.2, -0.15) is 0 Å². The lowest BCUT2D eigenvalue weighted by molar-refractivity contribution is 0.600. The van der Waals surface area contributed by atoms with E-state index in [1.54, 1.807) is 0 Å². The third-order valence-corrected chi connectivity index (χ3v) is 5.05. The first-order valence-electron chi connectivity index (χ1n) is 8.36. The summed E-state index contributed by atoms with van der Waals surface area (Å²) >= 11 is 6.31. The number of hydrogen-bond donors (Lipinski definition) is 0. The van der Waals surface area contributed by atoms with Crippen LogP contribution >= 0.6 is 11.6 Å². The van der Waals surface area contributed by atoms with E-state index >= 15 is 0 Å². The zero-order chi connectivity index (χ0) is 16.8. The standard InChI is InChI=1S/C23H15ClO/c24-17-11-10-16-12-21-18-8-4-5-9-22(18)25-23(21)14-20(19(16)13-17)15-6-2-1-3-7-15/h1-11,13-14H,12H2. The Morgan fingerprint density at radius 3 is 2.52 bits per heavy atom. The van der Waals surface area contributed by atoms with Crippen LogP contribution < -0.4 is 0 Å². The fraction of sp³-hybridized carbons (Fsp3) is 0.0435. The minimum atomic E-state index is 0.754. The highest BCUT2D eigenvalue weighted by Crippen LogP contribution is 2.39. The fourth-order valence-electron chi connectivity index (χ4n) is 3.63. The molecule has 0 fully saturated rings. The first-order chi connectivity index (χ1) is 12.3. The molecule has 25 heavy (non-hydrogen) atoms. The fourth-order valence-corrected chi connectivity index (χ4v) is 3.80. The number of halogens is 1. The third kappa shape index (κ3) is 2.40. The predicted octanol–water partition coefficient (Wildman–Crippen LogP) is 6.58. The van der Waals surface area contributed by atoms with Crippen molar-refractivity contribution in [2.45, 2.75) is 6.42 Å². The lowest BCUT2D eigenvalue weighted by Crippen LogP contribution is -1.94. The van der Waals surface area contributed by atoms with Crippen molar-refractivity contribution in [1.82, 2.24) is 0 Å². The smallest absolute Gasteiger partial charge is 0.135 e. The van der Waals surface area contributed by atoms with E-state index in [1.165, 1.54) is 27.6 Å². The SMILES string of the molecule is Clc1ccc2c(c1)C(c1ccccc1)=Cc1oc3ccccc3c1C2. The number of para-hydroxylation sites is 1. The number of hydrogen-bond acceptors (Lipinski definition) is 1. The highest BCUT2D eigenvalue weighted by molar-refractivity contribution is 6.30. The first-order valence-corrected chi connectivity index (χ1v) is 8.74. The molecular formula is C23H15ClO. The van der Waals surface area contributed by atoms with Gasteiger partial charge in [-0.15, -0.1) is 0 Å². The summed E-state index contributed by atoms with van der Waals surface area (Å²) in [5.41, 5.74) is 6.94. The molecule has 0 aliphatic heterocycles. The van der Waals surface area contributed by atoms with Crippen molar-refractivity contribution in [2.75, 3.05) is 0 Å². The molecule has 4 aromatic rings. The molecule has 3 aromatic carbocycles. The molecular weight excluding hydrogens is 328 g/mol. The number of rotatable bonds is 1. The van der Waals surface area contributed by atoms with E-state index in [9.17, 15) is 0 Å². The Labute approximate surface area is 151 Å². The predicted molar refractivity (Wildman–Crippen MR) is 104 cm³/mol. The molecule has 1 aromatic heterocycles. The Balaban J connectivity index is 1.84. The lowest BCUT2D eigenvalue weighted by atomic mass is 9.93. The van der Waals surface area contributed by atoms with Gasteiger partial charge in [0.15, 0.2) is 0 Å². The van der Waals surface area contributed by atoms with Crippen LogP contribution in [0.4, 0.5) is 0 Å². The van der Waals surface area contributed by atoms with Crippen molar-refractivity contribution in [3.05, 3.63) is 106 Å². The lowest BCUT2D eigenvalue weighted by Gasteiger charge is -2.12. The van der Waals surface area contributed by atoms with Crippen molar-refractivity contribution in [2.24, 2.45) is 0 Å². The highest BCUT2D eigenvalue weighted by atomic mass is 35.5. The molecule has 0 unspecified atom stereocenters. The molecule has 120 valence electrons. The number of furan rings is 1. The van der Waals surface area contributed by atoms with Crippen molar-refractivity contribution in [1.29, 1.82) is 0 Å². The van der Waals surface area contributed by atoms with Crippen LogP contribution in [0, 0.1) is 0 Å². The van der Waals surface area contributed by atoms with Crippen LogP contribution in [-0.2, 0) is 6.42 Å². The molecule has 2 heteroatoms. The average molecular weight is 343 g/mol. The zero-order valence-electron chi connectivity index (χ0n) is 13.5.